The molecule has 1 atom stereocenters. The minimum Gasteiger partial charge on any atom is -0.345 e. The quantitative estimate of drug-likeness (QED) is 0.292. The van der Waals surface area contributed by atoms with Gasteiger partial charge in [0.1, 0.15) is 23.0 Å². The highest BCUT2D eigenvalue weighted by atomic mass is 32.2. The molecule has 0 fully saturated rings. The van der Waals surface area contributed by atoms with E-state index in [1.165, 1.54) is 24.8 Å². The van der Waals surface area contributed by atoms with E-state index in [1.54, 1.807) is 12.3 Å². The fourth-order valence-corrected chi connectivity index (χ4v) is 5.05. The lowest BCUT2D eigenvalue weighted by Gasteiger charge is -2.16. The Labute approximate surface area is 216 Å². The van der Waals surface area contributed by atoms with Crippen LogP contribution in [-0.2, 0) is 11.2 Å². The molecule has 2 amide bonds. The number of nitrogens with zero attached hydrogens (tertiary/aromatic N) is 2. The van der Waals surface area contributed by atoms with Gasteiger partial charge in [0.05, 0.1) is 17.4 Å². The fraction of sp³-hybridized carbons (Fsp3) is 0.185. The lowest BCUT2D eigenvalue weighted by Crippen LogP contribution is -2.28. The molecule has 1 unspecified atom stereocenters. The van der Waals surface area contributed by atoms with Crippen molar-refractivity contribution in [3.05, 3.63) is 83.1 Å². The second-order valence-electron chi connectivity index (χ2n) is 8.62. The molecule has 3 N–H and O–H groups in total. The summed E-state index contributed by atoms with van der Waals surface area (Å²) in [7, 11) is 0. The number of aromatic amines is 1. The van der Waals surface area contributed by atoms with Crippen LogP contribution >= 0.6 is 11.8 Å². The highest BCUT2D eigenvalue weighted by Gasteiger charge is 2.29. The summed E-state index contributed by atoms with van der Waals surface area (Å²) in [6.45, 7) is 1.42. The van der Waals surface area contributed by atoms with Gasteiger partial charge in [0, 0.05) is 24.2 Å². The van der Waals surface area contributed by atoms with Gasteiger partial charge in [-0.25, -0.2) is 18.7 Å². The van der Waals surface area contributed by atoms with Crippen LogP contribution in [0.5, 0.6) is 0 Å². The SMILES string of the molecule is CSc1nc(-c2ccnc(NC(C)=O)c2)c(-c2cccc3c2CCC3NC(=O)c2c(F)cccc2F)[nH]1. The van der Waals surface area contributed by atoms with E-state index < -0.39 is 23.1 Å². The number of thioether (sulfide) groups is 1. The third-order valence-electron chi connectivity index (χ3n) is 6.25. The molecule has 2 aromatic heterocycles. The normalized spacial score (nSPS) is 14.3. The van der Waals surface area contributed by atoms with Crippen molar-refractivity contribution in [1.29, 1.82) is 0 Å². The topological polar surface area (TPSA) is 99.8 Å². The zero-order valence-electron chi connectivity index (χ0n) is 20.1. The Bertz CT molecular complexity index is 1500. The second-order valence-corrected chi connectivity index (χ2v) is 9.41. The third kappa shape index (κ3) is 4.84. The first-order chi connectivity index (χ1) is 17.9. The van der Waals surface area contributed by atoms with Gasteiger partial charge in [-0.1, -0.05) is 36.0 Å². The van der Waals surface area contributed by atoms with E-state index in [-0.39, 0.29) is 11.9 Å². The summed E-state index contributed by atoms with van der Waals surface area (Å²) >= 11 is 1.47. The minimum atomic E-state index is -0.896. The maximum absolute atomic E-state index is 14.2. The molecule has 188 valence electrons. The summed E-state index contributed by atoms with van der Waals surface area (Å²) in [4.78, 5) is 36.6. The van der Waals surface area contributed by atoms with Crippen LogP contribution in [-0.4, -0.2) is 33.0 Å². The average Bonchev–Trinajstić information content (AvgIpc) is 3.48. The zero-order valence-corrected chi connectivity index (χ0v) is 20.9. The van der Waals surface area contributed by atoms with Crippen molar-refractivity contribution in [1.82, 2.24) is 20.3 Å². The molecule has 0 saturated heterocycles. The molecule has 5 rings (SSSR count). The van der Waals surface area contributed by atoms with Gasteiger partial charge >= 0.3 is 0 Å². The molecular weight excluding hydrogens is 496 g/mol. The van der Waals surface area contributed by atoms with Crippen LogP contribution in [0.25, 0.3) is 22.5 Å². The molecule has 0 bridgehead atoms. The second kappa shape index (κ2) is 10.1. The minimum absolute atomic E-state index is 0.221. The number of H-pyrrole nitrogens is 1. The maximum atomic E-state index is 14.2. The number of pyridine rings is 1. The summed E-state index contributed by atoms with van der Waals surface area (Å²) in [5.41, 5.74) is 4.53. The lowest BCUT2D eigenvalue weighted by atomic mass is 9.97. The van der Waals surface area contributed by atoms with Gasteiger partial charge < -0.3 is 15.6 Å². The molecule has 0 saturated carbocycles. The number of halogens is 2. The van der Waals surface area contributed by atoms with E-state index in [2.05, 4.69) is 20.6 Å². The van der Waals surface area contributed by atoms with Gasteiger partial charge in [0.15, 0.2) is 5.16 Å². The van der Waals surface area contributed by atoms with Crippen LogP contribution in [0.2, 0.25) is 0 Å². The number of carbonyl (C=O) groups excluding carboxylic acids is 2. The smallest absolute Gasteiger partial charge is 0.257 e. The van der Waals surface area contributed by atoms with Crippen molar-refractivity contribution in [2.75, 3.05) is 11.6 Å². The summed E-state index contributed by atoms with van der Waals surface area (Å²) < 4.78 is 28.3. The lowest BCUT2D eigenvalue weighted by molar-refractivity contribution is -0.114. The Balaban J connectivity index is 1.51. The molecule has 10 heteroatoms. The molecule has 0 aliphatic heterocycles. The molecule has 2 aromatic carbocycles. The summed E-state index contributed by atoms with van der Waals surface area (Å²) in [5, 5.41) is 6.22. The van der Waals surface area contributed by atoms with E-state index in [0.717, 1.165) is 45.2 Å². The number of amides is 2. The summed E-state index contributed by atoms with van der Waals surface area (Å²) in [5.74, 6) is -2.38. The van der Waals surface area contributed by atoms with Crippen LogP contribution in [0.1, 0.15) is 40.9 Å². The Hall–Kier alpha value is -4.05. The van der Waals surface area contributed by atoms with E-state index >= 15 is 0 Å². The monoisotopic (exact) mass is 519 g/mol. The van der Waals surface area contributed by atoms with Gasteiger partial charge in [0.25, 0.3) is 5.91 Å². The number of fused-ring (bicyclic) bond motifs is 1. The summed E-state index contributed by atoms with van der Waals surface area (Å²) in [6.07, 6.45) is 4.79. The standard InChI is InChI=1S/C27H23F2N5O2S/c1-14(35)31-22-13-15(11-12-30-22)24-25(34-27(33-24)37-2)18-6-3-5-17-16(18)9-10-21(17)32-26(36)23-19(28)7-4-8-20(23)29/h3-8,11-13,21H,9-10H2,1-2H3,(H,32,36)(H,33,34)(H,30,31,35). The van der Waals surface area contributed by atoms with Crippen molar-refractivity contribution in [3.8, 4) is 22.5 Å². The molecule has 1 aliphatic rings. The molecule has 0 radical (unpaired) electrons. The number of hydrogen-bond donors (Lipinski definition) is 3. The number of carbonyl (C=O) groups is 2. The first-order valence-electron chi connectivity index (χ1n) is 11.6. The first-order valence-corrected chi connectivity index (χ1v) is 12.8. The number of aromatic nitrogens is 3. The Morgan fingerprint density at radius 3 is 2.59 bits per heavy atom. The fourth-order valence-electron chi connectivity index (χ4n) is 4.66. The van der Waals surface area contributed by atoms with Crippen molar-refractivity contribution in [3.63, 3.8) is 0 Å². The Morgan fingerprint density at radius 1 is 1.11 bits per heavy atom. The largest absolute Gasteiger partial charge is 0.345 e. The van der Waals surface area contributed by atoms with E-state index in [1.807, 2.05) is 30.5 Å². The summed E-state index contributed by atoms with van der Waals surface area (Å²) in [6, 6.07) is 12.4. The number of imidazole rings is 1. The van der Waals surface area contributed by atoms with E-state index in [4.69, 9.17) is 4.98 Å². The molecule has 7 nitrogen and oxygen atoms in total. The maximum Gasteiger partial charge on any atom is 0.257 e. The first kappa shape index (κ1) is 24.6. The highest BCUT2D eigenvalue weighted by molar-refractivity contribution is 7.98. The molecule has 0 spiro atoms. The van der Waals surface area contributed by atoms with Gasteiger partial charge in [-0.15, -0.1) is 0 Å². The van der Waals surface area contributed by atoms with Crippen LogP contribution < -0.4 is 10.6 Å². The Morgan fingerprint density at radius 2 is 1.86 bits per heavy atom. The third-order valence-corrected chi connectivity index (χ3v) is 6.83. The molecule has 37 heavy (non-hydrogen) atoms. The molecule has 2 heterocycles. The highest BCUT2D eigenvalue weighted by Crippen LogP contribution is 2.41. The molecular formula is C27H23F2N5O2S. The predicted octanol–water partition coefficient (Wildman–Crippen LogP) is 5.51. The van der Waals surface area contributed by atoms with E-state index in [0.29, 0.717) is 24.4 Å². The van der Waals surface area contributed by atoms with Crippen LogP contribution in [0.3, 0.4) is 0 Å². The predicted molar refractivity (Wildman–Crippen MR) is 138 cm³/mol. The number of nitrogens with one attached hydrogen (secondary N) is 3. The van der Waals surface area contributed by atoms with Crippen LogP contribution in [0, 0.1) is 11.6 Å². The van der Waals surface area contributed by atoms with Crippen molar-refractivity contribution < 1.29 is 18.4 Å². The van der Waals surface area contributed by atoms with Crippen LogP contribution in [0.15, 0.2) is 59.9 Å². The van der Waals surface area contributed by atoms with Gasteiger partial charge in [-0.3, -0.25) is 9.59 Å². The Kier molecular flexibility index (Phi) is 6.75. The number of anilines is 1. The molecule has 1 aliphatic carbocycles. The average molecular weight is 520 g/mol. The van der Waals surface area contributed by atoms with Crippen molar-refractivity contribution >= 4 is 29.4 Å². The van der Waals surface area contributed by atoms with Crippen molar-refractivity contribution in [2.24, 2.45) is 0 Å². The van der Waals surface area contributed by atoms with E-state index in [9.17, 15) is 18.4 Å². The number of rotatable bonds is 6. The zero-order chi connectivity index (χ0) is 26.1. The van der Waals surface area contributed by atoms with Gasteiger partial charge in [-0.2, -0.15) is 0 Å². The number of hydrogen-bond acceptors (Lipinski definition) is 5. The van der Waals surface area contributed by atoms with Crippen molar-refractivity contribution in [2.45, 2.75) is 31.0 Å². The van der Waals surface area contributed by atoms with Crippen LogP contribution in [0.4, 0.5) is 14.6 Å². The van der Waals surface area contributed by atoms with Gasteiger partial charge in [0.2, 0.25) is 5.91 Å². The number of benzene rings is 2. The van der Waals surface area contributed by atoms with Gasteiger partial charge in [-0.05, 0) is 54.5 Å². The molecule has 4 aromatic rings.